The summed E-state index contributed by atoms with van der Waals surface area (Å²) in [5.74, 6) is 1.23. The molecule has 7 aromatic carbocycles. The van der Waals surface area contributed by atoms with Crippen LogP contribution >= 0.6 is 0 Å². The number of anilines is 6. The van der Waals surface area contributed by atoms with Crippen molar-refractivity contribution in [1.82, 2.24) is 14.5 Å². The second kappa shape index (κ2) is 15.5. The molecule has 0 N–H and O–H groups in total. The van der Waals surface area contributed by atoms with Gasteiger partial charge in [-0.25, -0.2) is 0 Å². The molecule has 0 radical (unpaired) electrons. The van der Waals surface area contributed by atoms with E-state index in [1.807, 2.05) is 6.20 Å². The van der Waals surface area contributed by atoms with Crippen LogP contribution < -0.4 is 26.2 Å². The van der Waals surface area contributed by atoms with E-state index in [4.69, 9.17) is 9.97 Å². The van der Waals surface area contributed by atoms with E-state index in [0.29, 0.717) is 5.92 Å². The Morgan fingerprint density at radius 1 is 0.548 bits per heavy atom. The van der Waals surface area contributed by atoms with Crippen LogP contribution in [0.4, 0.5) is 34.1 Å². The molecule has 9 aromatic rings. The minimum atomic E-state index is -0.194. The predicted octanol–water partition coefficient (Wildman–Crippen LogP) is 11.8. The van der Waals surface area contributed by atoms with Gasteiger partial charge in [-0.05, 0) is 121 Å². The molecular weight excluding hydrogens is 937 g/mol. The second-order valence-electron chi connectivity index (χ2n) is 16.9. The van der Waals surface area contributed by atoms with E-state index in [2.05, 4.69) is 214 Å². The maximum Gasteiger partial charge on any atom is 2.00 e. The Morgan fingerprint density at radius 3 is 1.71 bits per heavy atom. The smallest absolute Gasteiger partial charge is 0.352 e. The van der Waals surface area contributed by atoms with Crippen molar-refractivity contribution in [2.45, 2.75) is 47.5 Å². The van der Waals surface area contributed by atoms with E-state index in [9.17, 15) is 0 Å². The van der Waals surface area contributed by atoms with Gasteiger partial charge in [0.05, 0.1) is 16.9 Å². The normalized spacial score (nSPS) is 12.6. The average Bonchev–Trinajstić information content (AvgIpc) is 3.67. The summed E-state index contributed by atoms with van der Waals surface area (Å²) >= 11 is 0. The molecule has 7 heteroatoms. The molecule has 11 rings (SSSR count). The Labute approximate surface area is 379 Å². The maximum atomic E-state index is 5.33. The number of nitrogens with zero attached hydrogens (tertiary/aromatic N) is 5. The fraction of sp³-hybridized carbons (Fsp3) is 0.127. The molecule has 302 valence electrons. The molecule has 62 heavy (non-hydrogen) atoms. The molecule has 4 heterocycles. The molecule has 0 fully saturated rings. The van der Waals surface area contributed by atoms with Crippen molar-refractivity contribution >= 4 is 68.3 Å². The standard InChI is InChI=1S/C55H44BN5.Pt/c1-34(2)39-29-30-57-46(33-39)40-25-27-47-43(31-40)56-44-32-41(55-58-45-21-10-11-22-49(45)59(55)42-19-8-7-9-20-42)26-28-48(44)61(54-37(5)17-13-18-38(54)6)51-24-14-23-50(52(51)56)60(47)53-35(3)15-12-16-36(53)4;/h7-30,33-34H,1-6H3;/q-2;+2. The Hall–Kier alpha value is -6.49. The van der Waals surface area contributed by atoms with Crippen molar-refractivity contribution in [3.8, 4) is 28.3 Å². The van der Waals surface area contributed by atoms with Crippen LogP contribution in [0.3, 0.4) is 0 Å². The number of aromatic nitrogens is 3. The SMILES string of the molecule is Cc1cccc(C)c1N1c2ccc(-c3cc(C(C)C)ccn3)[c-]c2B2c3[c-]c(-c4nc5ccccc5n4-c4ccccc4)ccc3N(c3c(C)cccc3C)c3cccc1c32.[Pt+2]. The van der Waals surface area contributed by atoms with E-state index in [0.717, 1.165) is 73.0 Å². The first kappa shape index (κ1) is 39.6. The summed E-state index contributed by atoms with van der Waals surface area (Å²) in [6, 6.07) is 60.5. The third kappa shape index (κ3) is 6.18. The number of para-hydroxylation sites is 5. The topological polar surface area (TPSA) is 37.2 Å². The zero-order chi connectivity index (χ0) is 41.5. The van der Waals surface area contributed by atoms with E-state index in [-0.39, 0.29) is 27.8 Å². The van der Waals surface area contributed by atoms with Crippen LogP contribution in [-0.2, 0) is 21.1 Å². The largest absolute Gasteiger partial charge is 2.00 e. The summed E-state index contributed by atoms with van der Waals surface area (Å²) in [5, 5.41) is 0. The average molecular weight is 981 g/mol. The van der Waals surface area contributed by atoms with Gasteiger partial charge >= 0.3 is 21.1 Å². The van der Waals surface area contributed by atoms with Crippen LogP contribution in [0.25, 0.3) is 39.4 Å². The minimum Gasteiger partial charge on any atom is -0.352 e. The van der Waals surface area contributed by atoms with Crippen LogP contribution in [0, 0.1) is 39.8 Å². The summed E-state index contributed by atoms with van der Waals surface area (Å²) in [5.41, 5.74) is 22.3. The molecule has 0 saturated heterocycles. The quantitative estimate of drug-likeness (QED) is 0.123. The summed E-state index contributed by atoms with van der Waals surface area (Å²) in [6.45, 7) is 13.2. The van der Waals surface area contributed by atoms with E-state index < -0.39 is 0 Å². The van der Waals surface area contributed by atoms with Crippen LogP contribution in [0.2, 0.25) is 0 Å². The number of fused-ring (bicyclic) bond motifs is 5. The Bertz CT molecular complexity index is 3150. The number of rotatable bonds is 6. The van der Waals surface area contributed by atoms with Gasteiger partial charge in [0.1, 0.15) is 0 Å². The molecule has 0 unspecified atom stereocenters. The summed E-state index contributed by atoms with van der Waals surface area (Å²) in [7, 11) is 0. The van der Waals surface area contributed by atoms with E-state index >= 15 is 0 Å². The van der Waals surface area contributed by atoms with Crippen molar-refractivity contribution in [1.29, 1.82) is 0 Å². The molecule has 0 spiro atoms. The number of benzene rings is 7. The third-order valence-corrected chi connectivity index (χ3v) is 12.7. The van der Waals surface area contributed by atoms with Gasteiger partial charge in [0.25, 0.3) is 0 Å². The second-order valence-corrected chi connectivity index (χ2v) is 16.9. The molecule has 0 bridgehead atoms. The van der Waals surface area contributed by atoms with Crippen LogP contribution in [0.1, 0.15) is 47.6 Å². The number of pyridine rings is 1. The Kier molecular flexibility index (Phi) is 9.88. The predicted molar refractivity (Wildman–Crippen MR) is 254 cm³/mol. The Morgan fingerprint density at radius 2 is 1.10 bits per heavy atom. The van der Waals surface area contributed by atoms with Gasteiger partial charge in [-0.3, -0.25) is 4.98 Å². The fourth-order valence-corrected chi connectivity index (χ4v) is 9.83. The van der Waals surface area contributed by atoms with E-state index in [1.54, 1.807) is 0 Å². The monoisotopic (exact) mass is 980 g/mol. The van der Waals surface area contributed by atoms with Gasteiger partial charge in [0.2, 0.25) is 6.71 Å². The number of imidazole rings is 1. The summed E-state index contributed by atoms with van der Waals surface area (Å²) in [6.07, 6.45) is 1.94. The van der Waals surface area contributed by atoms with Gasteiger partial charge in [-0.15, -0.1) is 58.5 Å². The van der Waals surface area contributed by atoms with Crippen molar-refractivity contribution in [3.05, 3.63) is 192 Å². The summed E-state index contributed by atoms with van der Waals surface area (Å²) < 4.78 is 2.27. The zero-order valence-corrected chi connectivity index (χ0v) is 37.9. The first-order valence-electron chi connectivity index (χ1n) is 21.2. The molecule has 5 nitrogen and oxygen atoms in total. The molecule has 0 saturated carbocycles. The molecule has 2 aliphatic heterocycles. The Balaban J connectivity index is 0.00000458. The van der Waals surface area contributed by atoms with Gasteiger partial charge in [-0.2, -0.15) is 0 Å². The zero-order valence-electron chi connectivity index (χ0n) is 35.6. The minimum absolute atomic E-state index is 0. The summed E-state index contributed by atoms with van der Waals surface area (Å²) in [4.78, 5) is 15.2. The van der Waals surface area contributed by atoms with Crippen molar-refractivity contribution in [2.75, 3.05) is 9.80 Å². The number of aryl methyl sites for hydroxylation is 4. The van der Waals surface area contributed by atoms with Crippen LogP contribution in [-0.4, -0.2) is 21.2 Å². The van der Waals surface area contributed by atoms with Crippen LogP contribution in [0.15, 0.2) is 152 Å². The third-order valence-electron chi connectivity index (χ3n) is 12.7. The van der Waals surface area contributed by atoms with Gasteiger partial charge in [0, 0.05) is 34.6 Å². The van der Waals surface area contributed by atoms with Gasteiger partial charge in [-0.1, -0.05) is 98.3 Å². The first-order valence-corrected chi connectivity index (χ1v) is 21.2. The van der Waals surface area contributed by atoms with Crippen molar-refractivity contribution in [3.63, 3.8) is 0 Å². The molecule has 0 atom stereocenters. The van der Waals surface area contributed by atoms with Gasteiger partial charge in [0.15, 0.2) is 0 Å². The molecule has 2 aliphatic rings. The molecule has 0 aliphatic carbocycles. The maximum absolute atomic E-state index is 5.33. The number of hydrogen-bond donors (Lipinski definition) is 0. The number of hydrogen-bond acceptors (Lipinski definition) is 4. The fourth-order valence-electron chi connectivity index (χ4n) is 9.83. The molecule has 2 aromatic heterocycles. The van der Waals surface area contributed by atoms with E-state index in [1.165, 1.54) is 44.7 Å². The van der Waals surface area contributed by atoms with Crippen LogP contribution in [0.5, 0.6) is 0 Å². The van der Waals surface area contributed by atoms with Crippen molar-refractivity contribution in [2.24, 2.45) is 0 Å². The molecule has 0 amide bonds. The molecular formula is C55H44BN5Pt. The van der Waals surface area contributed by atoms with Crippen molar-refractivity contribution < 1.29 is 21.1 Å². The van der Waals surface area contributed by atoms with Gasteiger partial charge < -0.3 is 19.4 Å². The first-order chi connectivity index (χ1) is 29.8.